The molecule has 0 aromatic heterocycles. The van der Waals surface area contributed by atoms with Crippen molar-refractivity contribution in [1.82, 2.24) is 8.61 Å². The molecule has 2 aliphatic rings. The van der Waals surface area contributed by atoms with E-state index in [-0.39, 0.29) is 20.4 Å². The highest BCUT2D eigenvalue weighted by atomic mass is 35.5. The molecule has 4 rings (SSSR count). The number of amides is 1. The van der Waals surface area contributed by atoms with Gasteiger partial charge in [0.25, 0.3) is 5.91 Å². The largest absolute Gasteiger partial charge is 0.322 e. The molecule has 0 spiro atoms. The van der Waals surface area contributed by atoms with E-state index in [4.69, 9.17) is 11.6 Å². The standard InChI is InChI=1S/C24H30ClN3O5S2/c1-18-11-15-28(16-12-18)35(32,33)21-9-10-23(25)22(17-21)24(29)26-19-5-7-20(8-6-19)34(30,31)27-13-3-2-4-14-27/h5-10,17-18H,2-4,11-16H2,1H3,(H,26,29). The first-order valence-electron chi connectivity index (χ1n) is 11.8. The third-order valence-corrected chi connectivity index (χ3v) is 10.8. The number of carbonyl (C=O) groups is 1. The Kier molecular flexibility index (Phi) is 7.87. The summed E-state index contributed by atoms with van der Waals surface area (Å²) in [5.41, 5.74) is 0.407. The van der Waals surface area contributed by atoms with Gasteiger partial charge in [0.05, 0.1) is 20.4 Å². The third kappa shape index (κ3) is 5.72. The Balaban J connectivity index is 1.50. The van der Waals surface area contributed by atoms with Crippen LogP contribution in [0.15, 0.2) is 52.3 Å². The molecule has 0 radical (unpaired) electrons. The van der Waals surface area contributed by atoms with Gasteiger partial charge in [0, 0.05) is 31.9 Å². The van der Waals surface area contributed by atoms with Crippen LogP contribution in [0.3, 0.4) is 0 Å². The zero-order chi connectivity index (χ0) is 25.2. The first kappa shape index (κ1) is 26.1. The van der Waals surface area contributed by atoms with Gasteiger partial charge in [0.1, 0.15) is 0 Å². The molecule has 190 valence electrons. The fraction of sp³-hybridized carbons (Fsp3) is 0.458. The second-order valence-corrected chi connectivity index (χ2v) is 13.5. The molecule has 1 amide bonds. The normalized spacial score (nSPS) is 18.9. The van der Waals surface area contributed by atoms with Crippen molar-refractivity contribution in [3.8, 4) is 0 Å². The highest BCUT2D eigenvalue weighted by Gasteiger charge is 2.29. The van der Waals surface area contributed by atoms with Crippen LogP contribution in [-0.4, -0.2) is 57.5 Å². The van der Waals surface area contributed by atoms with Crippen LogP contribution in [0, 0.1) is 5.92 Å². The Hall–Kier alpha value is -1.98. The maximum absolute atomic E-state index is 13.1. The molecule has 2 fully saturated rings. The van der Waals surface area contributed by atoms with Crippen LogP contribution in [-0.2, 0) is 20.0 Å². The van der Waals surface area contributed by atoms with E-state index in [1.807, 2.05) is 0 Å². The maximum Gasteiger partial charge on any atom is 0.257 e. The van der Waals surface area contributed by atoms with Crippen molar-refractivity contribution < 1.29 is 21.6 Å². The quantitative estimate of drug-likeness (QED) is 0.593. The molecule has 0 bridgehead atoms. The second-order valence-electron chi connectivity index (χ2n) is 9.17. The van der Waals surface area contributed by atoms with Crippen LogP contribution >= 0.6 is 11.6 Å². The maximum atomic E-state index is 13.1. The number of hydrogen-bond donors (Lipinski definition) is 1. The van der Waals surface area contributed by atoms with Crippen molar-refractivity contribution in [1.29, 1.82) is 0 Å². The molecule has 0 unspecified atom stereocenters. The van der Waals surface area contributed by atoms with Crippen LogP contribution in [0.5, 0.6) is 0 Å². The van der Waals surface area contributed by atoms with Crippen LogP contribution in [0.1, 0.15) is 49.4 Å². The van der Waals surface area contributed by atoms with Crippen molar-refractivity contribution in [2.75, 3.05) is 31.5 Å². The van der Waals surface area contributed by atoms with E-state index in [0.29, 0.717) is 37.8 Å². The molecule has 0 aliphatic carbocycles. The SMILES string of the molecule is CC1CCN(S(=O)(=O)c2ccc(Cl)c(C(=O)Nc3ccc(S(=O)(=O)N4CCCCC4)cc3)c2)CC1. The van der Waals surface area contributed by atoms with Gasteiger partial charge in [-0.2, -0.15) is 8.61 Å². The van der Waals surface area contributed by atoms with Gasteiger partial charge in [0.2, 0.25) is 20.0 Å². The van der Waals surface area contributed by atoms with Gasteiger partial charge in [-0.3, -0.25) is 4.79 Å². The van der Waals surface area contributed by atoms with E-state index < -0.39 is 26.0 Å². The van der Waals surface area contributed by atoms with Crippen molar-refractivity contribution in [3.05, 3.63) is 53.1 Å². The summed E-state index contributed by atoms with van der Waals surface area (Å²) in [6, 6.07) is 10.0. The second kappa shape index (κ2) is 10.6. The molecule has 8 nitrogen and oxygen atoms in total. The van der Waals surface area contributed by atoms with Gasteiger partial charge in [-0.25, -0.2) is 16.8 Å². The number of benzene rings is 2. The number of carbonyl (C=O) groups excluding carboxylic acids is 1. The summed E-state index contributed by atoms with van der Waals surface area (Å²) in [5.74, 6) is -0.0970. The van der Waals surface area contributed by atoms with Crippen molar-refractivity contribution in [2.24, 2.45) is 5.92 Å². The van der Waals surface area contributed by atoms with Gasteiger partial charge in [-0.15, -0.1) is 0 Å². The molecule has 2 heterocycles. The average Bonchev–Trinajstić information content (AvgIpc) is 2.85. The van der Waals surface area contributed by atoms with Gasteiger partial charge in [-0.05, 0) is 74.1 Å². The Morgan fingerprint density at radius 3 is 2.00 bits per heavy atom. The van der Waals surface area contributed by atoms with Gasteiger partial charge in [-0.1, -0.05) is 24.9 Å². The number of halogens is 1. The van der Waals surface area contributed by atoms with E-state index in [0.717, 1.165) is 32.1 Å². The first-order valence-corrected chi connectivity index (χ1v) is 15.1. The Bertz CT molecular complexity index is 1280. The lowest BCUT2D eigenvalue weighted by Crippen LogP contribution is -2.37. The van der Waals surface area contributed by atoms with Crippen LogP contribution in [0.2, 0.25) is 5.02 Å². The first-order chi connectivity index (χ1) is 16.6. The summed E-state index contributed by atoms with van der Waals surface area (Å²) in [6.45, 7) is 4.01. The molecule has 2 saturated heterocycles. The Labute approximate surface area is 212 Å². The summed E-state index contributed by atoms with van der Waals surface area (Å²) in [6.07, 6.45) is 4.31. The van der Waals surface area contributed by atoms with E-state index in [9.17, 15) is 21.6 Å². The number of piperidine rings is 2. The van der Waals surface area contributed by atoms with Gasteiger partial charge in [0.15, 0.2) is 0 Å². The molecular weight excluding hydrogens is 510 g/mol. The Morgan fingerprint density at radius 1 is 0.829 bits per heavy atom. The molecule has 11 heteroatoms. The summed E-state index contributed by atoms with van der Waals surface area (Å²) < 4.78 is 54.8. The summed E-state index contributed by atoms with van der Waals surface area (Å²) >= 11 is 6.23. The summed E-state index contributed by atoms with van der Waals surface area (Å²) in [4.78, 5) is 13.1. The highest BCUT2D eigenvalue weighted by molar-refractivity contribution is 7.89. The number of rotatable bonds is 6. The van der Waals surface area contributed by atoms with E-state index in [1.54, 1.807) is 0 Å². The van der Waals surface area contributed by atoms with Gasteiger partial charge >= 0.3 is 0 Å². The lowest BCUT2D eigenvalue weighted by atomic mass is 10.0. The smallest absolute Gasteiger partial charge is 0.257 e. The number of hydrogen-bond acceptors (Lipinski definition) is 5. The third-order valence-electron chi connectivity index (χ3n) is 6.63. The van der Waals surface area contributed by atoms with Crippen LogP contribution < -0.4 is 5.32 Å². The molecule has 1 N–H and O–H groups in total. The minimum Gasteiger partial charge on any atom is -0.322 e. The van der Waals surface area contributed by atoms with Crippen LogP contribution in [0.4, 0.5) is 5.69 Å². The molecule has 2 aliphatic heterocycles. The average molecular weight is 540 g/mol. The molecule has 2 aromatic rings. The minimum atomic E-state index is -3.74. The monoisotopic (exact) mass is 539 g/mol. The lowest BCUT2D eigenvalue weighted by molar-refractivity contribution is 0.102. The van der Waals surface area contributed by atoms with Crippen molar-refractivity contribution >= 4 is 43.2 Å². The molecule has 2 aromatic carbocycles. The lowest BCUT2D eigenvalue weighted by Gasteiger charge is -2.29. The molecule has 35 heavy (non-hydrogen) atoms. The van der Waals surface area contributed by atoms with E-state index in [1.165, 1.54) is 51.1 Å². The number of nitrogens with zero attached hydrogens (tertiary/aromatic N) is 2. The minimum absolute atomic E-state index is 0.0181. The predicted octanol–water partition coefficient (Wildman–Crippen LogP) is 4.19. The zero-order valence-electron chi connectivity index (χ0n) is 19.6. The van der Waals surface area contributed by atoms with E-state index in [2.05, 4.69) is 12.2 Å². The topological polar surface area (TPSA) is 104 Å². The Morgan fingerprint density at radius 2 is 1.37 bits per heavy atom. The summed E-state index contributed by atoms with van der Waals surface area (Å²) in [5, 5.41) is 2.80. The van der Waals surface area contributed by atoms with E-state index >= 15 is 0 Å². The number of sulfonamides is 2. The molecule has 0 saturated carbocycles. The highest BCUT2D eigenvalue weighted by Crippen LogP contribution is 2.28. The van der Waals surface area contributed by atoms with Gasteiger partial charge < -0.3 is 5.32 Å². The van der Waals surface area contributed by atoms with Crippen molar-refractivity contribution in [3.63, 3.8) is 0 Å². The number of nitrogens with one attached hydrogen (secondary N) is 1. The zero-order valence-corrected chi connectivity index (χ0v) is 22.0. The fourth-order valence-electron chi connectivity index (χ4n) is 4.38. The summed E-state index contributed by atoms with van der Waals surface area (Å²) in [7, 11) is -7.31. The van der Waals surface area contributed by atoms with Crippen molar-refractivity contribution in [2.45, 2.75) is 48.8 Å². The predicted molar refractivity (Wildman–Crippen MR) is 136 cm³/mol. The number of anilines is 1. The molecular formula is C24H30ClN3O5S2. The molecule has 0 atom stereocenters. The fourth-order valence-corrected chi connectivity index (χ4v) is 7.59. The van der Waals surface area contributed by atoms with Crippen LogP contribution in [0.25, 0.3) is 0 Å².